The Kier molecular flexibility index (Phi) is 4.62. The van der Waals surface area contributed by atoms with Crippen molar-refractivity contribution in [2.24, 2.45) is 0 Å². The van der Waals surface area contributed by atoms with Gasteiger partial charge in [0.1, 0.15) is 5.82 Å². The lowest BCUT2D eigenvalue weighted by Gasteiger charge is -2.22. The van der Waals surface area contributed by atoms with E-state index in [1.165, 1.54) is 12.4 Å². The second-order valence-corrected chi connectivity index (χ2v) is 6.67. The molecule has 0 aliphatic heterocycles. The van der Waals surface area contributed by atoms with Crippen LogP contribution in [0.25, 0.3) is 11.5 Å². The van der Waals surface area contributed by atoms with E-state index in [2.05, 4.69) is 15.1 Å². The number of nitrogens with zero attached hydrogens (tertiary/aromatic N) is 4. The van der Waals surface area contributed by atoms with Crippen molar-refractivity contribution in [3.63, 3.8) is 0 Å². The number of halogens is 3. The molecule has 8 heteroatoms. The van der Waals surface area contributed by atoms with Gasteiger partial charge in [0.25, 0.3) is 5.95 Å². The zero-order valence-corrected chi connectivity index (χ0v) is 14.9. The summed E-state index contributed by atoms with van der Waals surface area (Å²) in [6, 6.07) is 11.3. The third kappa shape index (κ3) is 3.37. The highest BCUT2D eigenvalue weighted by atomic mass is 19.4. The molecule has 28 heavy (non-hydrogen) atoms. The maximum Gasteiger partial charge on any atom is 0.435 e. The zero-order chi connectivity index (χ0) is 19.7. The highest BCUT2D eigenvalue weighted by molar-refractivity contribution is 5.77. The standard InChI is InChI=1S/C20H18F3N5/c21-20(22,23)17-16(18(24)28(27-17)19-25-10-5-11-26-19)15-9-4-8-14(12-15)13-6-2-1-3-7-13/h1-3,5-7,10-12,14H,4,8-9,24H2/t14-/m1/s1. The smallest absolute Gasteiger partial charge is 0.383 e. The number of hydrogen-bond donors (Lipinski definition) is 1. The third-order valence-electron chi connectivity index (χ3n) is 4.84. The normalized spacial score (nSPS) is 17.4. The second kappa shape index (κ2) is 7.10. The molecule has 3 aromatic rings. The lowest BCUT2D eigenvalue weighted by molar-refractivity contribution is -0.141. The lowest BCUT2D eigenvalue weighted by Crippen LogP contribution is -2.11. The quantitative estimate of drug-likeness (QED) is 0.715. The van der Waals surface area contributed by atoms with Crippen LogP contribution in [0.15, 0.2) is 54.9 Å². The van der Waals surface area contributed by atoms with Gasteiger partial charge in [-0.1, -0.05) is 36.4 Å². The topological polar surface area (TPSA) is 69.6 Å². The van der Waals surface area contributed by atoms with Crippen molar-refractivity contribution in [3.8, 4) is 5.95 Å². The summed E-state index contributed by atoms with van der Waals surface area (Å²) >= 11 is 0. The molecule has 0 saturated heterocycles. The first-order valence-corrected chi connectivity index (χ1v) is 8.94. The summed E-state index contributed by atoms with van der Waals surface area (Å²) in [5.74, 6) is -0.0481. The first-order chi connectivity index (χ1) is 13.4. The first kappa shape index (κ1) is 18.2. The number of nitrogens with two attached hydrogens (primary N) is 1. The number of aromatic nitrogens is 4. The van der Waals surface area contributed by atoms with Crippen molar-refractivity contribution in [3.05, 3.63) is 71.7 Å². The predicted molar refractivity (Wildman–Crippen MR) is 99.6 cm³/mol. The van der Waals surface area contributed by atoms with E-state index in [-0.39, 0.29) is 23.2 Å². The molecule has 0 saturated carbocycles. The van der Waals surface area contributed by atoms with Crippen LogP contribution < -0.4 is 5.73 Å². The van der Waals surface area contributed by atoms with Gasteiger partial charge in [0.2, 0.25) is 0 Å². The van der Waals surface area contributed by atoms with E-state index in [0.717, 1.165) is 23.1 Å². The molecular formula is C20H18F3N5. The summed E-state index contributed by atoms with van der Waals surface area (Å²) in [7, 11) is 0. The highest BCUT2D eigenvalue weighted by Gasteiger charge is 2.40. The van der Waals surface area contributed by atoms with Crippen LogP contribution in [-0.2, 0) is 6.18 Å². The molecule has 2 aromatic heterocycles. The highest BCUT2D eigenvalue weighted by Crippen LogP contribution is 2.43. The molecule has 0 amide bonds. The Morgan fingerprint density at radius 3 is 2.43 bits per heavy atom. The number of rotatable bonds is 3. The van der Waals surface area contributed by atoms with Crippen LogP contribution >= 0.6 is 0 Å². The Bertz CT molecular complexity index is 994. The van der Waals surface area contributed by atoms with E-state index in [0.29, 0.717) is 12.0 Å². The van der Waals surface area contributed by atoms with Gasteiger partial charge in [0, 0.05) is 18.3 Å². The van der Waals surface area contributed by atoms with Gasteiger partial charge in [0.05, 0.1) is 5.56 Å². The summed E-state index contributed by atoms with van der Waals surface area (Å²) in [4.78, 5) is 7.95. The van der Waals surface area contributed by atoms with E-state index in [9.17, 15) is 13.2 Å². The fourth-order valence-corrected chi connectivity index (χ4v) is 3.59. The average Bonchev–Trinajstić information content (AvgIpc) is 3.07. The van der Waals surface area contributed by atoms with E-state index < -0.39 is 11.9 Å². The third-order valence-corrected chi connectivity index (χ3v) is 4.84. The van der Waals surface area contributed by atoms with Crippen molar-refractivity contribution >= 4 is 11.4 Å². The van der Waals surface area contributed by atoms with E-state index in [4.69, 9.17) is 5.73 Å². The first-order valence-electron chi connectivity index (χ1n) is 8.94. The van der Waals surface area contributed by atoms with E-state index >= 15 is 0 Å². The molecule has 5 nitrogen and oxygen atoms in total. The number of nitrogen functional groups attached to an aromatic ring is 1. The van der Waals surface area contributed by atoms with Crippen LogP contribution in [0.5, 0.6) is 0 Å². The Labute approximate surface area is 159 Å². The second-order valence-electron chi connectivity index (χ2n) is 6.67. The van der Waals surface area contributed by atoms with Crippen LogP contribution in [0, 0.1) is 0 Å². The molecule has 0 spiro atoms. The van der Waals surface area contributed by atoms with Gasteiger partial charge < -0.3 is 5.73 Å². The fourth-order valence-electron chi connectivity index (χ4n) is 3.59. The predicted octanol–water partition coefficient (Wildman–Crippen LogP) is 4.61. The molecule has 1 atom stereocenters. The minimum absolute atomic E-state index is 0.00719. The molecule has 4 rings (SSSR count). The van der Waals surface area contributed by atoms with Crippen molar-refractivity contribution < 1.29 is 13.2 Å². The molecule has 1 aliphatic carbocycles. The van der Waals surface area contributed by atoms with E-state index in [1.807, 2.05) is 36.4 Å². The maximum atomic E-state index is 13.7. The van der Waals surface area contributed by atoms with Gasteiger partial charge in [-0.2, -0.15) is 23.0 Å². The van der Waals surface area contributed by atoms with Crippen LogP contribution in [0.2, 0.25) is 0 Å². The number of allylic oxidation sites excluding steroid dienone is 2. The van der Waals surface area contributed by atoms with Gasteiger partial charge >= 0.3 is 6.18 Å². The molecule has 2 heterocycles. The summed E-state index contributed by atoms with van der Waals surface area (Å²) in [5.41, 5.74) is 6.69. The Morgan fingerprint density at radius 1 is 1.04 bits per heavy atom. The van der Waals surface area contributed by atoms with Crippen molar-refractivity contribution in [1.29, 1.82) is 0 Å². The molecule has 2 N–H and O–H groups in total. The Hall–Kier alpha value is -3.16. The molecule has 0 radical (unpaired) electrons. The summed E-state index contributed by atoms with van der Waals surface area (Å²) in [5, 5.41) is 3.73. The van der Waals surface area contributed by atoms with Gasteiger partial charge in [-0.25, -0.2) is 9.97 Å². The molecule has 1 aromatic carbocycles. The van der Waals surface area contributed by atoms with Gasteiger partial charge in [0.15, 0.2) is 5.69 Å². The SMILES string of the molecule is Nc1c(C2=C[C@H](c3ccccc3)CCC2)c(C(F)(F)F)nn1-c1ncccn1. The Morgan fingerprint density at radius 2 is 1.75 bits per heavy atom. The molecule has 0 unspecified atom stereocenters. The number of anilines is 1. The summed E-state index contributed by atoms with van der Waals surface area (Å²) < 4.78 is 42.2. The Balaban J connectivity index is 1.84. The zero-order valence-electron chi connectivity index (χ0n) is 14.9. The van der Waals surface area contributed by atoms with Crippen LogP contribution in [0.3, 0.4) is 0 Å². The molecule has 1 aliphatic rings. The summed E-state index contributed by atoms with van der Waals surface area (Å²) in [6.07, 6.45) is 2.28. The fraction of sp³-hybridized carbons (Fsp3) is 0.250. The average molecular weight is 385 g/mol. The molecule has 0 fully saturated rings. The number of alkyl halides is 3. The lowest BCUT2D eigenvalue weighted by atomic mass is 9.83. The van der Waals surface area contributed by atoms with Gasteiger partial charge in [-0.05, 0) is 36.5 Å². The number of benzene rings is 1. The molecule has 0 bridgehead atoms. The molecular weight excluding hydrogens is 367 g/mol. The molecule has 144 valence electrons. The van der Waals surface area contributed by atoms with Crippen LogP contribution in [-0.4, -0.2) is 19.7 Å². The van der Waals surface area contributed by atoms with Crippen molar-refractivity contribution in [2.45, 2.75) is 31.4 Å². The minimum atomic E-state index is -4.63. The van der Waals surface area contributed by atoms with Crippen molar-refractivity contribution in [2.75, 3.05) is 5.73 Å². The van der Waals surface area contributed by atoms with Crippen LogP contribution in [0.1, 0.15) is 42.0 Å². The minimum Gasteiger partial charge on any atom is -0.383 e. The van der Waals surface area contributed by atoms with Gasteiger partial charge in [-0.3, -0.25) is 0 Å². The largest absolute Gasteiger partial charge is 0.435 e. The van der Waals surface area contributed by atoms with E-state index in [1.54, 1.807) is 6.07 Å². The monoisotopic (exact) mass is 385 g/mol. The summed E-state index contributed by atoms with van der Waals surface area (Å²) in [6.45, 7) is 0. The van der Waals surface area contributed by atoms with Gasteiger partial charge in [-0.15, -0.1) is 0 Å². The maximum absolute atomic E-state index is 13.7. The van der Waals surface area contributed by atoms with Crippen LogP contribution in [0.4, 0.5) is 19.0 Å². The van der Waals surface area contributed by atoms with Crippen molar-refractivity contribution in [1.82, 2.24) is 19.7 Å². The number of hydrogen-bond acceptors (Lipinski definition) is 4.